The van der Waals surface area contributed by atoms with Crippen LogP contribution < -0.4 is 0 Å². The quantitative estimate of drug-likeness (QED) is 0.581. The lowest BCUT2D eigenvalue weighted by Gasteiger charge is -0.198. The zero-order valence-electron chi connectivity index (χ0n) is 3.00. The molecular weight excluding hydrogens is 276 g/mol. The largest absolute Gasteiger partial charge is 0.197 e. The van der Waals surface area contributed by atoms with Crippen molar-refractivity contribution in [1.29, 1.82) is 0 Å². The van der Waals surface area contributed by atoms with Gasteiger partial charge in [-0.05, 0) is 0 Å². The van der Waals surface area contributed by atoms with Gasteiger partial charge in [0.05, 0.1) is 0 Å². The highest BCUT2D eigenvalue weighted by Gasteiger charge is -0.0712. The van der Waals surface area contributed by atoms with Crippen molar-refractivity contribution in [3.8, 4) is 0 Å². The first-order valence-electron chi connectivity index (χ1n) is 0. The minimum atomic E-state index is 0. The molecule has 0 fully saturated rings. The van der Waals surface area contributed by atoms with Crippen LogP contribution in [0.2, 0.25) is 0 Å². The van der Waals surface area contributed by atoms with E-state index in [-0.39, 0.29) is 133 Å². The highest BCUT2D eigenvalue weighted by molar-refractivity contribution is 7.60. The Labute approximate surface area is 132 Å². The fraction of sp³-hybridized carbons (Fsp3) is 1.00. The second kappa shape index (κ2) is 549. The summed E-state index contributed by atoms with van der Waals surface area (Å²) in [4.78, 5) is 0. The van der Waals surface area contributed by atoms with E-state index in [4.69, 9.17) is 0 Å². The molecule has 0 aliphatic heterocycles. The van der Waals surface area contributed by atoms with Crippen LogP contribution in [0, 0.1) is 0 Å². The van der Waals surface area contributed by atoms with Crippen molar-refractivity contribution >= 4 is 81.0 Å². The molecule has 0 rings (SSSR count). The van der Waals surface area contributed by atoms with Gasteiger partial charge in [0.2, 0.25) is 0 Å². The van der Waals surface area contributed by atoms with Gasteiger partial charge in [-0.2, -0.15) is 81.0 Å². The van der Waals surface area contributed by atoms with Crippen molar-refractivity contribution < 1.29 is 0 Å². The summed E-state index contributed by atoms with van der Waals surface area (Å²) < 4.78 is 0. The van der Waals surface area contributed by atoms with Crippen molar-refractivity contribution in [3.63, 3.8) is 0 Å². The molecule has 0 aromatic rings. The molecule has 0 heterocycles. The topological polar surface area (TPSA) is 0 Å². The Balaban J connectivity index is 0. The third-order valence-corrected chi connectivity index (χ3v) is 0. The summed E-state index contributed by atoms with van der Waals surface area (Å²) in [6, 6.07) is 0. The van der Waals surface area contributed by atoms with Crippen molar-refractivity contribution in [2.24, 2.45) is 0 Å². The maximum Gasteiger partial charge on any atom is -0.0776 e. The smallest absolute Gasteiger partial charge is 0.0776 e. The van der Waals surface area contributed by atoms with E-state index in [1.165, 1.54) is 0 Å². The molecule has 0 saturated carbocycles. The molecule has 0 radical (unpaired) electrons. The highest BCUT2D eigenvalue weighted by atomic mass is 32.1. The molecule has 0 unspecified atom stereocenters. The zero-order chi connectivity index (χ0) is 0. The lowest BCUT2D eigenvalue weighted by atomic mass is 12.0. The standard InChI is InChI=1S/7CH4.6H2S/h7*1H4;6*1H2. The summed E-state index contributed by atoms with van der Waals surface area (Å²) in [5.74, 6) is 0. The molecule has 104 valence electrons. The van der Waals surface area contributed by atoms with Crippen LogP contribution in [-0.4, -0.2) is 0 Å². The third kappa shape index (κ3) is 468. The lowest BCUT2D eigenvalue weighted by Crippen LogP contribution is 0.143. The Morgan fingerprint density at radius 2 is 0.154 bits per heavy atom. The third-order valence-electron chi connectivity index (χ3n) is 0. The van der Waals surface area contributed by atoms with Gasteiger partial charge >= 0.3 is 0 Å². The van der Waals surface area contributed by atoms with Gasteiger partial charge in [-0.3, -0.25) is 0 Å². The Bertz CT molecular complexity index is 12.9. The van der Waals surface area contributed by atoms with Gasteiger partial charge in [0.1, 0.15) is 0 Å². The van der Waals surface area contributed by atoms with Crippen LogP contribution in [0.3, 0.4) is 0 Å². The highest BCUT2D eigenvalue weighted by Crippen LogP contribution is 0.653. The van der Waals surface area contributed by atoms with E-state index >= 15 is 0 Å². The molecule has 0 atom stereocenters. The Hall–Kier alpha value is 2.10. The van der Waals surface area contributed by atoms with Gasteiger partial charge in [-0.15, -0.1) is 0 Å². The van der Waals surface area contributed by atoms with E-state index in [0.717, 1.165) is 0 Å². The van der Waals surface area contributed by atoms with Gasteiger partial charge in [0.25, 0.3) is 0 Å². The molecule has 0 bridgehead atoms. The first kappa shape index (κ1) is 681. The van der Waals surface area contributed by atoms with Crippen LogP contribution in [0.25, 0.3) is 0 Å². The van der Waals surface area contributed by atoms with E-state index in [1.807, 2.05) is 0 Å². The van der Waals surface area contributed by atoms with Gasteiger partial charge in [0, 0.05) is 0 Å². The molecule has 0 aromatic heterocycles. The van der Waals surface area contributed by atoms with Crippen molar-refractivity contribution in [3.05, 3.63) is 0 Å². The van der Waals surface area contributed by atoms with Crippen LogP contribution in [0.1, 0.15) is 52.0 Å². The average molecular weight is 317 g/mol. The summed E-state index contributed by atoms with van der Waals surface area (Å²) in [6.45, 7) is 0. The van der Waals surface area contributed by atoms with Gasteiger partial charge in [-0.25, -0.2) is 0 Å². The van der Waals surface area contributed by atoms with E-state index in [9.17, 15) is 0 Å². The van der Waals surface area contributed by atoms with E-state index in [2.05, 4.69) is 0 Å². The summed E-state index contributed by atoms with van der Waals surface area (Å²) in [6.07, 6.45) is 0. The van der Waals surface area contributed by atoms with Crippen LogP contribution in [0.4, 0.5) is 0 Å². The molecule has 6 heteroatoms. The summed E-state index contributed by atoms with van der Waals surface area (Å²) in [5, 5.41) is 0. The number of hydrogen-bond acceptors (Lipinski definition) is 0. The summed E-state index contributed by atoms with van der Waals surface area (Å²) >= 11 is 0. The Kier molecular flexibility index (Phi) is 28700. The first-order valence-corrected chi connectivity index (χ1v) is 0. The molecule has 0 saturated heterocycles. The average Bonchev–Trinajstić information content (AvgIpc) is 0. The molecule has 0 aliphatic rings. The maximum absolute atomic E-state index is 0. The van der Waals surface area contributed by atoms with Gasteiger partial charge in [-0.1, -0.05) is 52.0 Å². The second-order valence-electron chi connectivity index (χ2n) is 0. The molecule has 0 aliphatic carbocycles. The monoisotopic (exact) mass is 316 g/mol. The molecule has 13 heavy (non-hydrogen) atoms. The Morgan fingerprint density at radius 3 is 0.154 bits per heavy atom. The summed E-state index contributed by atoms with van der Waals surface area (Å²) in [5.41, 5.74) is 0. The van der Waals surface area contributed by atoms with Gasteiger partial charge < -0.3 is 0 Å². The second-order valence-corrected chi connectivity index (χ2v) is 0. The molecule has 0 nitrogen and oxygen atoms in total. The van der Waals surface area contributed by atoms with E-state index in [1.54, 1.807) is 0 Å². The van der Waals surface area contributed by atoms with Crippen LogP contribution in [0.5, 0.6) is 0 Å². The van der Waals surface area contributed by atoms with E-state index in [0.29, 0.717) is 0 Å². The van der Waals surface area contributed by atoms with Crippen molar-refractivity contribution in [2.45, 2.75) is 52.0 Å². The predicted molar refractivity (Wildman–Crippen MR) is 109 cm³/mol. The van der Waals surface area contributed by atoms with Crippen LogP contribution in [-0.2, 0) is 0 Å². The van der Waals surface area contributed by atoms with Crippen LogP contribution >= 0.6 is 81.0 Å². The normalized spacial score (nSPS) is 0. The maximum atomic E-state index is 0. The Morgan fingerprint density at radius 1 is 0.154 bits per heavy atom. The first-order chi connectivity index (χ1) is 0. The van der Waals surface area contributed by atoms with E-state index < -0.39 is 0 Å². The zero-order valence-corrected chi connectivity index (χ0v) is 9.00. The predicted octanol–water partition coefficient (Wildman–Crippen LogP) is 5.13. The van der Waals surface area contributed by atoms with Crippen molar-refractivity contribution in [2.75, 3.05) is 0 Å². The minimum Gasteiger partial charge on any atom is -0.197 e. The molecule has 0 aromatic carbocycles. The molecule has 0 spiro atoms. The van der Waals surface area contributed by atoms with Crippen LogP contribution in [0.15, 0.2) is 0 Å². The van der Waals surface area contributed by atoms with Crippen molar-refractivity contribution in [1.82, 2.24) is 0 Å². The SMILES string of the molecule is C.C.C.C.C.C.C.S.S.S.S.S.S. The molecule has 0 amide bonds. The fourth-order valence-electron chi connectivity index (χ4n) is 0. The van der Waals surface area contributed by atoms with Gasteiger partial charge in [0.15, 0.2) is 0 Å². The molecular formula is C7H40S6. The number of rotatable bonds is 0. The fourth-order valence-corrected chi connectivity index (χ4v) is 0. The lowest BCUT2D eigenvalue weighted by molar-refractivity contribution is 2.50. The molecule has 0 N–H and O–H groups in total. The minimum absolute atomic E-state index is 0. The summed E-state index contributed by atoms with van der Waals surface area (Å²) in [7, 11) is 0. The number of hydrogen-bond donors (Lipinski definition) is 0.